The Morgan fingerprint density at radius 2 is 1.76 bits per heavy atom. The van der Waals surface area contributed by atoms with E-state index in [4.69, 9.17) is 4.74 Å². The summed E-state index contributed by atoms with van der Waals surface area (Å²) in [5.74, 6) is -0.889. The number of anilines is 1. The van der Waals surface area contributed by atoms with Gasteiger partial charge in [-0.05, 0) is 38.5 Å². The van der Waals surface area contributed by atoms with Crippen LogP contribution in [0.15, 0.2) is 36.4 Å². The van der Waals surface area contributed by atoms with Gasteiger partial charge in [0, 0.05) is 25.7 Å². The van der Waals surface area contributed by atoms with Crippen LogP contribution in [0.2, 0.25) is 0 Å². The predicted octanol–water partition coefficient (Wildman–Crippen LogP) is 3.34. The Morgan fingerprint density at radius 1 is 1.11 bits per heavy atom. The van der Waals surface area contributed by atoms with E-state index >= 15 is 0 Å². The number of carbonyl (C=O) groups is 2. The number of fused-ring (bicyclic) bond motifs is 1. The number of pyridine rings is 1. The van der Waals surface area contributed by atoms with Crippen molar-refractivity contribution in [3.05, 3.63) is 53.3 Å². The molecule has 0 bridgehead atoms. The Balaban J connectivity index is 1.94. The minimum Gasteiger partial charge on any atom is -0.488 e. The van der Waals surface area contributed by atoms with Crippen LogP contribution in [0.3, 0.4) is 0 Å². The van der Waals surface area contributed by atoms with Crippen LogP contribution in [0.25, 0.3) is 11.0 Å². The maximum atomic E-state index is 13.1. The number of carbonyl (C=O) groups excluding carboxylic acids is 2. The fraction of sp³-hybridized carbons (Fsp3) is 0.375. The van der Waals surface area contributed by atoms with Gasteiger partial charge >= 0.3 is 15.5 Å². The van der Waals surface area contributed by atoms with Crippen LogP contribution < -0.4 is 20.1 Å². The normalized spacial score (nSPS) is 12.1. The second-order valence-electron chi connectivity index (χ2n) is 8.53. The maximum absolute atomic E-state index is 13.1. The molecule has 2 heterocycles. The van der Waals surface area contributed by atoms with Gasteiger partial charge in [0.15, 0.2) is 11.4 Å². The van der Waals surface area contributed by atoms with E-state index < -0.39 is 34.5 Å². The third-order valence-electron chi connectivity index (χ3n) is 5.39. The molecule has 0 saturated carbocycles. The Bertz CT molecular complexity index is 1440. The summed E-state index contributed by atoms with van der Waals surface area (Å²) in [5.41, 5.74) is -3.59. The first-order chi connectivity index (χ1) is 17.8. The van der Waals surface area contributed by atoms with Crippen LogP contribution in [0, 0.1) is 0 Å². The highest BCUT2D eigenvalue weighted by molar-refractivity contribution is 7.90. The molecule has 38 heavy (non-hydrogen) atoms. The average Bonchev–Trinajstić information content (AvgIpc) is 3.10. The van der Waals surface area contributed by atoms with Gasteiger partial charge in [0.2, 0.25) is 0 Å². The maximum Gasteiger partial charge on any atom is 0.511 e. The highest BCUT2D eigenvalue weighted by Crippen LogP contribution is 2.35. The number of benzene rings is 1. The van der Waals surface area contributed by atoms with Crippen molar-refractivity contribution in [1.82, 2.24) is 19.6 Å². The Kier molecular flexibility index (Phi) is 8.67. The fourth-order valence-corrected chi connectivity index (χ4v) is 4.18. The lowest BCUT2D eigenvalue weighted by atomic mass is 10.1. The van der Waals surface area contributed by atoms with Crippen molar-refractivity contribution in [2.24, 2.45) is 7.05 Å². The molecule has 2 aromatic heterocycles. The number of rotatable bonds is 10. The molecule has 10 nitrogen and oxygen atoms in total. The third-order valence-corrected chi connectivity index (χ3v) is 6.58. The third kappa shape index (κ3) is 6.25. The molecular weight excluding hydrogens is 527 g/mol. The van der Waals surface area contributed by atoms with Crippen molar-refractivity contribution in [1.29, 1.82) is 0 Å². The number of hydrogen-bond acceptors (Lipinski definition) is 6. The fourth-order valence-electron chi connectivity index (χ4n) is 3.65. The molecule has 0 atom stereocenters. The highest BCUT2D eigenvalue weighted by Gasteiger charge is 2.45. The SMILES string of the molecule is CCc1nc2c(cc1NC(=O)c1ccccc1)c(OC(C)C)c(C(=O)NCCNS(=O)(=O)C(F)(F)F)n2C. The number of sulfonamides is 1. The van der Waals surface area contributed by atoms with Gasteiger partial charge in [-0.2, -0.15) is 13.2 Å². The van der Waals surface area contributed by atoms with Crippen molar-refractivity contribution < 1.29 is 35.9 Å². The van der Waals surface area contributed by atoms with Gasteiger partial charge in [-0.15, -0.1) is 0 Å². The lowest BCUT2D eigenvalue weighted by Crippen LogP contribution is -2.41. The first kappa shape index (κ1) is 28.9. The van der Waals surface area contributed by atoms with Crippen LogP contribution >= 0.6 is 0 Å². The predicted molar refractivity (Wildman–Crippen MR) is 136 cm³/mol. The van der Waals surface area contributed by atoms with Crippen LogP contribution in [0.5, 0.6) is 5.75 Å². The van der Waals surface area contributed by atoms with Gasteiger partial charge in [0.05, 0.1) is 22.9 Å². The largest absolute Gasteiger partial charge is 0.511 e. The molecule has 206 valence electrons. The average molecular weight is 556 g/mol. The van der Waals surface area contributed by atoms with E-state index in [1.54, 1.807) is 57.3 Å². The van der Waals surface area contributed by atoms with Crippen LogP contribution in [-0.4, -0.2) is 54.5 Å². The van der Waals surface area contributed by atoms with E-state index in [-0.39, 0.29) is 23.5 Å². The number of hydrogen-bond donors (Lipinski definition) is 3. The van der Waals surface area contributed by atoms with Crippen molar-refractivity contribution in [2.45, 2.75) is 38.8 Å². The van der Waals surface area contributed by atoms with Gasteiger partial charge in [0.1, 0.15) is 5.65 Å². The smallest absolute Gasteiger partial charge is 0.488 e. The standard InChI is InChI=1S/C24H28F3N5O5S/c1-5-17-18(31-22(33)15-9-7-6-8-10-15)13-16-20(37-14(2)3)19(32(4)21(16)30-17)23(34)28-11-12-29-38(35,36)24(25,26)27/h6-10,13-14,29H,5,11-12H2,1-4H3,(H,28,34)(H,31,33). The molecular formula is C24H28F3N5O5S. The molecule has 0 fully saturated rings. The Morgan fingerprint density at radius 3 is 2.34 bits per heavy atom. The molecule has 0 radical (unpaired) electrons. The lowest BCUT2D eigenvalue weighted by Gasteiger charge is -2.13. The number of alkyl halides is 3. The number of amides is 2. The molecule has 0 unspecified atom stereocenters. The second kappa shape index (κ2) is 11.4. The summed E-state index contributed by atoms with van der Waals surface area (Å²) in [6, 6.07) is 10.3. The highest BCUT2D eigenvalue weighted by atomic mass is 32.2. The minimum absolute atomic E-state index is 0.0356. The molecule has 0 aliphatic rings. The van der Waals surface area contributed by atoms with Gasteiger partial charge in [0.25, 0.3) is 11.8 Å². The molecule has 0 spiro atoms. The first-order valence-electron chi connectivity index (χ1n) is 11.7. The van der Waals surface area contributed by atoms with Gasteiger partial charge in [-0.3, -0.25) is 9.59 Å². The van der Waals surface area contributed by atoms with E-state index in [2.05, 4.69) is 15.6 Å². The van der Waals surface area contributed by atoms with E-state index in [1.165, 1.54) is 9.29 Å². The quantitative estimate of drug-likeness (QED) is 0.329. The zero-order valence-corrected chi connectivity index (χ0v) is 22.0. The van der Waals surface area contributed by atoms with Crippen LogP contribution in [-0.2, 0) is 23.5 Å². The molecule has 3 rings (SSSR count). The molecule has 0 saturated heterocycles. The summed E-state index contributed by atoms with van der Waals surface area (Å²) in [4.78, 5) is 30.5. The Hall–Kier alpha value is -3.65. The minimum atomic E-state index is -5.53. The topological polar surface area (TPSA) is 131 Å². The second-order valence-corrected chi connectivity index (χ2v) is 10.3. The number of halogens is 3. The van der Waals surface area contributed by atoms with Crippen LogP contribution in [0.1, 0.15) is 47.3 Å². The summed E-state index contributed by atoms with van der Waals surface area (Å²) >= 11 is 0. The Labute approximate surface area is 217 Å². The summed E-state index contributed by atoms with van der Waals surface area (Å²) in [6.07, 6.45) is 0.103. The first-order valence-corrected chi connectivity index (χ1v) is 13.1. The van der Waals surface area contributed by atoms with E-state index in [0.29, 0.717) is 34.4 Å². The van der Waals surface area contributed by atoms with Gasteiger partial charge in [-0.1, -0.05) is 25.1 Å². The summed E-state index contributed by atoms with van der Waals surface area (Å²) < 4.78 is 68.6. The summed E-state index contributed by atoms with van der Waals surface area (Å²) in [5, 5.41) is 5.69. The van der Waals surface area contributed by atoms with E-state index in [9.17, 15) is 31.2 Å². The van der Waals surface area contributed by atoms with Crippen molar-refractivity contribution >= 4 is 38.6 Å². The van der Waals surface area contributed by atoms with Crippen molar-refractivity contribution in [3.8, 4) is 5.75 Å². The van der Waals surface area contributed by atoms with E-state index in [1.807, 2.05) is 6.92 Å². The zero-order chi connectivity index (χ0) is 28.3. The molecule has 3 aromatic rings. The molecule has 3 N–H and O–H groups in total. The number of nitrogens with zero attached hydrogens (tertiary/aromatic N) is 2. The molecule has 14 heteroatoms. The number of aryl methyl sites for hydroxylation is 2. The molecule has 0 aliphatic heterocycles. The number of aromatic nitrogens is 2. The molecule has 1 aromatic carbocycles. The molecule has 2 amide bonds. The summed E-state index contributed by atoms with van der Waals surface area (Å²) in [7, 11) is -3.96. The summed E-state index contributed by atoms with van der Waals surface area (Å²) in [6.45, 7) is 4.27. The zero-order valence-electron chi connectivity index (χ0n) is 21.1. The monoisotopic (exact) mass is 555 g/mol. The number of ether oxygens (including phenoxy) is 1. The van der Waals surface area contributed by atoms with Gasteiger partial charge < -0.3 is 19.9 Å². The van der Waals surface area contributed by atoms with Crippen molar-refractivity contribution in [3.63, 3.8) is 0 Å². The van der Waals surface area contributed by atoms with Gasteiger partial charge in [-0.25, -0.2) is 18.1 Å². The van der Waals surface area contributed by atoms with Crippen molar-refractivity contribution in [2.75, 3.05) is 18.4 Å². The van der Waals surface area contributed by atoms with Crippen LogP contribution in [0.4, 0.5) is 18.9 Å². The number of nitrogens with one attached hydrogen (secondary N) is 3. The van der Waals surface area contributed by atoms with E-state index in [0.717, 1.165) is 0 Å². The lowest BCUT2D eigenvalue weighted by molar-refractivity contribution is -0.0447. The molecule has 0 aliphatic carbocycles.